The van der Waals surface area contributed by atoms with Crippen LogP contribution in [0.4, 0.5) is 5.69 Å². The van der Waals surface area contributed by atoms with Crippen LogP contribution < -0.4 is 10.1 Å². The molecule has 1 heterocycles. The number of hydrogen-bond acceptors (Lipinski definition) is 3. The van der Waals surface area contributed by atoms with E-state index >= 15 is 0 Å². The van der Waals surface area contributed by atoms with Gasteiger partial charge in [0.1, 0.15) is 11.9 Å². The highest BCUT2D eigenvalue weighted by Gasteiger charge is 2.34. The molecule has 4 nitrogen and oxygen atoms in total. The van der Waals surface area contributed by atoms with Gasteiger partial charge in [0.25, 0.3) is 5.91 Å². The molecule has 1 aliphatic heterocycles. The van der Waals surface area contributed by atoms with Gasteiger partial charge in [0.2, 0.25) is 0 Å². The van der Waals surface area contributed by atoms with Gasteiger partial charge < -0.3 is 15.0 Å². The van der Waals surface area contributed by atoms with Crippen LogP contribution in [0.15, 0.2) is 78.9 Å². The zero-order valence-electron chi connectivity index (χ0n) is 14.6. The summed E-state index contributed by atoms with van der Waals surface area (Å²) in [5.74, 6) is 0.773. The number of ether oxygens (including phenoxy) is 1. The number of nitrogens with zero attached hydrogens (tertiary/aromatic N) is 1. The maximum absolute atomic E-state index is 13.2. The van der Waals surface area contributed by atoms with Gasteiger partial charge in [-0.1, -0.05) is 60.7 Å². The van der Waals surface area contributed by atoms with E-state index in [1.807, 2.05) is 83.8 Å². The number of carbonyl (C=O) groups is 1. The van der Waals surface area contributed by atoms with E-state index in [4.69, 9.17) is 4.74 Å². The van der Waals surface area contributed by atoms with Gasteiger partial charge in [-0.15, -0.1) is 0 Å². The Hall–Kier alpha value is -3.27. The van der Waals surface area contributed by atoms with E-state index in [1.54, 1.807) is 7.11 Å². The lowest BCUT2D eigenvalue weighted by atomic mass is 10.0. The minimum absolute atomic E-state index is 0.0131. The number of rotatable bonds is 4. The number of fused-ring (bicyclic) bond motifs is 1. The zero-order chi connectivity index (χ0) is 17.9. The van der Waals surface area contributed by atoms with Crippen LogP contribution in [0.2, 0.25) is 0 Å². The normalized spacial score (nSPS) is 16.0. The van der Waals surface area contributed by atoms with Crippen molar-refractivity contribution in [3.8, 4) is 5.75 Å². The molecular weight excluding hydrogens is 324 g/mol. The maximum atomic E-state index is 13.2. The number of amides is 1. The Labute approximate surface area is 153 Å². The monoisotopic (exact) mass is 344 g/mol. The van der Waals surface area contributed by atoms with Crippen molar-refractivity contribution in [3.05, 3.63) is 95.6 Å². The summed E-state index contributed by atoms with van der Waals surface area (Å²) >= 11 is 0. The quantitative estimate of drug-likeness (QED) is 0.760. The first-order valence-corrected chi connectivity index (χ1v) is 8.61. The van der Waals surface area contributed by atoms with Crippen molar-refractivity contribution in [3.63, 3.8) is 0 Å². The summed E-state index contributed by atoms with van der Waals surface area (Å²) in [7, 11) is 1.65. The Morgan fingerprint density at radius 3 is 2.42 bits per heavy atom. The molecule has 0 aliphatic carbocycles. The molecule has 4 heteroatoms. The van der Waals surface area contributed by atoms with Crippen LogP contribution in [-0.4, -0.2) is 17.9 Å². The Bertz CT molecular complexity index is 924. The average molecular weight is 344 g/mol. The molecule has 3 aromatic carbocycles. The molecule has 3 aromatic rings. The van der Waals surface area contributed by atoms with Gasteiger partial charge in [-0.2, -0.15) is 0 Å². The SMILES string of the molecule is COc1ccccc1[C@@H]1Nc2ccccc2C(=O)N1Cc1ccccc1. The molecule has 26 heavy (non-hydrogen) atoms. The number of nitrogens with one attached hydrogen (secondary N) is 1. The van der Waals surface area contributed by atoms with Crippen molar-refractivity contribution >= 4 is 11.6 Å². The lowest BCUT2D eigenvalue weighted by molar-refractivity contribution is 0.0664. The van der Waals surface area contributed by atoms with Crippen molar-refractivity contribution in [1.82, 2.24) is 4.90 Å². The third kappa shape index (κ3) is 2.90. The summed E-state index contributed by atoms with van der Waals surface area (Å²) in [5.41, 5.74) is 3.56. The van der Waals surface area contributed by atoms with Gasteiger partial charge in [-0.25, -0.2) is 0 Å². The molecule has 0 saturated carbocycles. The second kappa shape index (κ2) is 6.92. The van der Waals surface area contributed by atoms with E-state index in [1.165, 1.54) is 0 Å². The fraction of sp³-hybridized carbons (Fsp3) is 0.136. The fourth-order valence-corrected chi connectivity index (χ4v) is 3.37. The van der Waals surface area contributed by atoms with Crippen LogP contribution in [0.25, 0.3) is 0 Å². The number of benzene rings is 3. The fourth-order valence-electron chi connectivity index (χ4n) is 3.37. The number of anilines is 1. The highest BCUT2D eigenvalue weighted by molar-refractivity contribution is 6.01. The van der Waals surface area contributed by atoms with E-state index < -0.39 is 0 Å². The third-order valence-electron chi connectivity index (χ3n) is 4.65. The largest absolute Gasteiger partial charge is 0.496 e. The van der Waals surface area contributed by atoms with Crippen molar-refractivity contribution in [1.29, 1.82) is 0 Å². The molecule has 0 fully saturated rings. The van der Waals surface area contributed by atoms with Crippen LogP contribution in [0.1, 0.15) is 27.7 Å². The third-order valence-corrected chi connectivity index (χ3v) is 4.65. The summed E-state index contributed by atoms with van der Waals surface area (Å²) in [6.07, 6.45) is -0.297. The smallest absolute Gasteiger partial charge is 0.258 e. The predicted octanol–water partition coefficient (Wildman–Crippen LogP) is 4.46. The molecule has 1 aliphatic rings. The molecule has 0 bridgehead atoms. The molecule has 0 radical (unpaired) electrons. The van der Waals surface area contributed by atoms with Gasteiger partial charge in [0, 0.05) is 17.8 Å². The van der Waals surface area contributed by atoms with Crippen LogP contribution in [0.3, 0.4) is 0 Å². The summed E-state index contributed by atoms with van der Waals surface area (Å²) < 4.78 is 5.54. The Balaban J connectivity index is 1.79. The first-order valence-electron chi connectivity index (χ1n) is 8.61. The lowest BCUT2D eigenvalue weighted by Crippen LogP contribution is -2.42. The number of hydrogen-bond donors (Lipinski definition) is 1. The first kappa shape index (κ1) is 16.2. The topological polar surface area (TPSA) is 41.6 Å². The number of para-hydroxylation sites is 2. The van der Waals surface area contributed by atoms with Crippen LogP contribution in [0.5, 0.6) is 5.75 Å². The first-order chi connectivity index (χ1) is 12.8. The van der Waals surface area contributed by atoms with Crippen LogP contribution >= 0.6 is 0 Å². The van der Waals surface area contributed by atoms with E-state index in [-0.39, 0.29) is 12.1 Å². The van der Waals surface area contributed by atoms with Gasteiger partial charge in [0.05, 0.1) is 12.7 Å². The van der Waals surface area contributed by atoms with Gasteiger partial charge in [0.15, 0.2) is 0 Å². The van der Waals surface area contributed by atoms with Crippen molar-refractivity contribution in [2.75, 3.05) is 12.4 Å². The highest BCUT2D eigenvalue weighted by atomic mass is 16.5. The molecule has 130 valence electrons. The second-order valence-corrected chi connectivity index (χ2v) is 6.25. The van der Waals surface area contributed by atoms with Gasteiger partial charge in [-0.05, 0) is 23.8 Å². The minimum Gasteiger partial charge on any atom is -0.496 e. The van der Waals surface area contributed by atoms with Crippen molar-refractivity contribution < 1.29 is 9.53 Å². The number of carbonyl (C=O) groups excluding carboxylic acids is 1. The van der Waals surface area contributed by atoms with Gasteiger partial charge >= 0.3 is 0 Å². The minimum atomic E-state index is -0.297. The standard InChI is InChI=1S/C22H20N2O2/c1-26-20-14-8-6-12-18(20)21-23-19-13-7-5-11-17(19)22(25)24(21)15-16-9-3-2-4-10-16/h2-14,21,23H,15H2,1H3/t21-/m1/s1. The molecule has 0 saturated heterocycles. The summed E-state index contributed by atoms with van der Waals surface area (Å²) in [5, 5.41) is 3.51. The summed E-state index contributed by atoms with van der Waals surface area (Å²) in [6.45, 7) is 0.518. The van der Waals surface area contributed by atoms with Crippen molar-refractivity contribution in [2.45, 2.75) is 12.7 Å². The molecule has 4 rings (SSSR count). The van der Waals surface area contributed by atoms with Crippen LogP contribution in [-0.2, 0) is 6.54 Å². The lowest BCUT2D eigenvalue weighted by Gasteiger charge is -2.38. The molecule has 1 atom stereocenters. The Kier molecular flexibility index (Phi) is 4.32. The van der Waals surface area contributed by atoms with E-state index in [2.05, 4.69) is 5.32 Å². The molecule has 0 spiro atoms. The van der Waals surface area contributed by atoms with Crippen molar-refractivity contribution in [2.24, 2.45) is 0 Å². The van der Waals surface area contributed by atoms with Crippen LogP contribution in [0, 0.1) is 0 Å². The molecule has 1 N–H and O–H groups in total. The molecular formula is C22H20N2O2. The van der Waals surface area contributed by atoms with E-state index in [0.29, 0.717) is 12.1 Å². The molecule has 0 aromatic heterocycles. The van der Waals surface area contributed by atoms with Gasteiger partial charge in [-0.3, -0.25) is 4.79 Å². The average Bonchev–Trinajstić information content (AvgIpc) is 2.71. The Morgan fingerprint density at radius 2 is 1.62 bits per heavy atom. The molecule has 1 amide bonds. The molecule has 0 unspecified atom stereocenters. The Morgan fingerprint density at radius 1 is 0.923 bits per heavy atom. The zero-order valence-corrected chi connectivity index (χ0v) is 14.6. The summed E-state index contributed by atoms with van der Waals surface area (Å²) in [4.78, 5) is 15.1. The van der Waals surface area contributed by atoms with E-state index in [9.17, 15) is 4.79 Å². The number of methoxy groups -OCH3 is 1. The maximum Gasteiger partial charge on any atom is 0.258 e. The summed E-state index contributed by atoms with van der Waals surface area (Å²) in [6, 6.07) is 25.5. The highest BCUT2D eigenvalue weighted by Crippen LogP contribution is 2.37. The second-order valence-electron chi connectivity index (χ2n) is 6.25. The van der Waals surface area contributed by atoms with E-state index in [0.717, 1.165) is 22.6 Å². The predicted molar refractivity (Wildman–Crippen MR) is 102 cm³/mol.